The zero-order valence-corrected chi connectivity index (χ0v) is 11.5. The van der Waals surface area contributed by atoms with E-state index >= 15 is 0 Å². The molecule has 4 nitrogen and oxygen atoms in total. The Balaban J connectivity index is 1.72. The highest BCUT2D eigenvalue weighted by Gasteiger charge is 2.29. The van der Waals surface area contributed by atoms with E-state index < -0.39 is 0 Å². The van der Waals surface area contributed by atoms with Crippen LogP contribution in [0.15, 0.2) is 48.5 Å². The monoisotopic (exact) mass is 277 g/mol. The number of aromatic nitrogens is 2. The second kappa shape index (κ2) is 4.45. The highest BCUT2D eigenvalue weighted by Crippen LogP contribution is 2.29. The van der Waals surface area contributed by atoms with Gasteiger partial charge in [0.2, 0.25) is 0 Å². The first-order valence-corrected chi connectivity index (χ1v) is 7.08. The Morgan fingerprint density at radius 2 is 1.67 bits per heavy atom. The molecule has 1 aromatic heterocycles. The van der Waals surface area contributed by atoms with Crippen LogP contribution in [0.3, 0.4) is 0 Å². The summed E-state index contributed by atoms with van der Waals surface area (Å²) in [4.78, 5) is 12.8. The third-order valence-corrected chi connectivity index (χ3v) is 4.22. The van der Waals surface area contributed by atoms with Crippen LogP contribution >= 0.6 is 0 Å². The van der Waals surface area contributed by atoms with Crippen molar-refractivity contribution in [2.75, 3.05) is 5.73 Å². The smallest absolute Gasteiger partial charge is 0.251 e. The molecule has 1 heterocycles. The molecule has 0 unspecified atom stereocenters. The molecule has 2 N–H and O–H groups in total. The van der Waals surface area contributed by atoms with Crippen molar-refractivity contribution >= 4 is 22.6 Å². The van der Waals surface area contributed by atoms with E-state index in [-0.39, 0.29) is 11.8 Å². The normalized spacial score (nSPS) is 14.5. The number of para-hydroxylation sites is 1. The molecule has 0 fully saturated rings. The standard InChI is InChI=1S/C17H15N3O/c18-16-14-7-3-4-8-15(14)20(19-16)17(21)13-9-11-5-1-2-6-12(11)10-13/h1-8,13H,9-10H2,(H2,18,19). The minimum atomic E-state index is -0.0508. The number of rotatable bonds is 1. The Kier molecular flexibility index (Phi) is 2.57. The summed E-state index contributed by atoms with van der Waals surface area (Å²) in [5.74, 6) is 0.388. The molecule has 0 aliphatic heterocycles. The number of hydrogen-bond acceptors (Lipinski definition) is 3. The van der Waals surface area contributed by atoms with E-state index in [2.05, 4.69) is 17.2 Å². The largest absolute Gasteiger partial charge is 0.382 e. The second-order valence-electron chi connectivity index (χ2n) is 5.53. The number of nitrogen functional groups attached to an aromatic ring is 1. The van der Waals surface area contributed by atoms with Crippen molar-refractivity contribution in [3.8, 4) is 0 Å². The highest BCUT2D eigenvalue weighted by atomic mass is 16.2. The van der Waals surface area contributed by atoms with Gasteiger partial charge in [-0.15, -0.1) is 5.10 Å². The molecule has 104 valence electrons. The zero-order valence-electron chi connectivity index (χ0n) is 11.5. The van der Waals surface area contributed by atoms with Crippen LogP contribution in [0.1, 0.15) is 15.9 Å². The summed E-state index contributed by atoms with van der Waals surface area (Å²) < 4.78 is 1.47. The molecule has 21 heavy (non-hydrogen) atoms. The minimum Gasteiger partial charge on any atom is -0.382 e. The van der Waals surface area contributed by atoms with Crippen LogP contribution < -0.4 is 5.73 Å². The molecule has 1 aliphatic rings. The highest BCUT2D eigenvalue weighted by molar-refractivity contribution is 5.97. The fourth-order valence-electron chi connectivity index (χ4n) is 3.16. The lowest BCUT2D eigenvalue weighted by molar-refractivity contribution is 0.0829. The van der Waals surface area contributed by atoms with Crippen molar-refractivity contribution in [3.05, 3.63) is 59.7 Å². The molecular weight excluding hydrogens is 262 g/mol. The molecule has 1 aliphatic carbocycles. The lowest BCUT2D eigenvalue weighted by Gasteiger charge is -2.08. The predicted molar refractivity (Wildman–Crippen MR) is 82.1 cm³/mol. The van der Waals surface area contributed by atoms with Gasteiger partial charge in [0.15, 0.2) is 5.82 Å². The van der Waals surface area contributed by atoms with E-state index in [1.54, 1.807) is 0 Å². The molecule has 2 aromatic carbocycles. The summed E-state index contributed by atoms with van der Waals surface area (Å²) >= 11 is 0. The number of benzene rings is 2. The van der Waals surface area contributed by atoms with E-state index in [9.17, 15) is 4.79 Å². The van der Waals surface area contributed by atoms with Gasteiger partial charge in [-0.1, -0.05) is 36.4 Å². The number of hydrogen-bond donors (Lipinski definition) is 1. The maximum absolute atomic E-state index is 12.8. The predicted octanol–water partition coefficient (Wildman–Crippen LogP) is 2.67. The first-order chi connectivity index (χ1) is 10.2. The van der Waals surface area contributed by atoms with Gasteiger partial charge in [0.1, 0.15) is 0 Å². The fourth-order valence-corrected chi connectivity index (χ4v) is 3.16. The van der Waals surface area contributed by atoms with Gasteiger partial charge in [-0.3, -0.25) is 4.79 Å². The molecule has 0 atom stereocenters. The Morgan fingerprint density at radius 1 is 1.05 bits per heavy atom. The van der Waals surface area contributed by atoms with Crippen LogP contribution in [0.25, 0.3) is 10.9 Å². The van der Waals surface area contributed by atoms with E-state index in [0.29, 0.717) is 5.82 Å². The van der Waals surface area contributed by atoms with Gasteiger partial charge in [0.25, 0.3) is 5.91 Å². The number of carbonyl (C=O) groups excluding carboxylic acids is 1. The Hall–Kier alpha value is -2.62. The lowest BCUT2D eigenvalue weighted by atomic mass is 10.1. The average molecular weight is 277 g/mol. The SMILES string of the molecule is Nc1nn(C(=O)C2Cc3ccccc3C2)c2ccccc12. The number of fused-ring (bicyclic) bond motifs is 2. The second-order valence-corrected chi connectivity index (χ2v) is 5.53. The van der Waals surface area contributed by atoms with Gasteiger partial charge in [0, 0.05) is 11.3 Å². The van der Waals surface area contributed by atoms with Crippen LogP contribution in [0.4, 0.5) is 5.82 Å². The molecule has 4 heteroatoms. The van der Waals surface area contributed by atoms with E-state index in [1.165, 1.54) is 15.8 Å². The Morgan fingerprint density at radius 3 is 2.38 bits per heavy atom. The maximum atomic E-state index is 12.8. The summed E-state index contributed by atoms with van der Waals surface area (Å²) in [7, 11) is 0. The third kappa shape index (κ3) is 1.83. The molecule has 0 saturated carbocycles. The lowest BCUT2D eigenvalue weighted by Crippen LogP contribution is -2.23. The van der Waals surface area contributed by atoms with Crippen molar-refractivity contribution in [1.82, 2.24) is 9.78 Å². The van der Waals surface area contributed by atoms with Crippen LogP contribution in [0.5, 0.6) is 0 Å². The van der Waals surface area contributed by atoms with Crippen molar-refractivity contribution in [2.45, 2.75) is 12.8 Å². The van der Waals surface area contributed by atoms with Gasteiger partial charge in [-0.05, 0) is 36.1 Å². The molecule has 4 rings (SSSR count). The first kappa shape index (κ1) is 12.1. The average Bonchev–Trinajstić information content (AvgIpc) is 3.09. The van der Waals surface area contributed by atoms with Crippen molar-refractivity contribution in [3.63, 3.8) is 0 Å². The van der Waals surface area contributed by atoms with Crippen molar-refractivity contribution in [1.29, 1.82) is 0 Å². The summed E-state index contributed by atoms with van der Waals surface area (Å²) in [5.41, 5.74) is 9.23. The fraction of sp³-hybridized carbons (Fsp3) is 0.176. The van der Waals surface area contributed by atoms with Gasteiger partial charge >= 0.3 is 0 Å². The number of nitrogens with zero attached hydrogens (tertiary/aromatic N) is 2. The molecular formula is C17H15N3O. The molecule has 0 amide bonds. The van der Waals surface area contributed by atoms with E-state index in [0.717, 1.165) is 23.7 Å². The molecule has 0 spiro atoms. The first-order valence-electron chi connectivity index (χ1n) is 7.08. The van der Waals surface area contributed by atoms with E-state index in [1.807, 2.05) is 36.4 Å². The molecule has 0 radical (unpaired) electrons. The zero-order chi connectivity index (χ0) is 14.4. The molecule has 0 saturated heterocycles. The number of nitrogens with two attached hydrogens (primary N) is 1. The summed E-state index contributed by atoms with van der Waals surface area (Å²) in [6.45, 7) is 0. The summed E-state index contributed by atoms with van der Waals surface area (Å²) in [6, 6.07) is 15.8. The van der Waals surface area contributed by atoms with Gasteiger partial charge < -0.3 is 5.73 Å². The Labute approximate surface area is 122 Å². The van der Waals surface area contributed by atoms with Crippen LogP contribution in [-0.4, -0.2) is 15.7 Å². The molecule has 0 bridgehead atoms. The van der Waals surface area contributed by atoms with Crippen molar-refractivity contribution in [2.24, 2.45) is 5.92 Å². The quantitative estimate of drug-likeness (QED) is 0.744. The van der Waals surface area contributed by atoms with Gasteiger partial charge in [-0.2, -0.15) is 4.68 Å². The number of anilines is 1. The topological polar surface area (TPSA) is 60.9 Å². The third-order valence-electron chi connectivity index (χ3n) is 4.22. The van der Waals surface area contributed by atoms with E-state index in [4.69, 9.17) is 5.73 Å². The van der Waals surface area contributed by atoms with Gasteiger partial charge in [-0.25, -0.2) is 0 Å². The number of carbonyl (C=O) groups is 1. The van der Waals surface area contributed by atoms with Crippen LogP contribution in [0, 0.1) is 5.92 Å². The molecule has 3 aromatic rings. The van der Waals surface area contributed by atoms with Crippen LogP contribution in [0.2, 0.25) is 0 Å². The maximum Gasteiger partial charge on any atom is 0.251 e. The Bertz CT molecular complexity index is 825. The van der Waals surface area contributed by atoms with Crippen LogP contribution in [-0.2, 0) is 12.8 Å². The van der Waals surface area contributed by atoms with Crippen molar-refractivity contribution < 1.29 is 4.79 Å². The summed E-state index contributed by atoms with van der Waals surface area (Å²) in [5, 5.41) is 5.08. The van der Waals surface area contributed by atoms with Gasteiger partial charge in [0.05, 0.1) is 5.52 Å². The summed E-state index contributed by atoms with van der Waals surface area (Å²) in [6.07, 6.45) is 1.56. The minimum absolute atomic E-state index is 0.0269.